The lowest BCUT2D eigenvalue weighted by molar-refractivity contribution is 0.409. The molecule has 0 aliphatic rings. The zero-order chi connectivity index (χ0) is 10.0. The normalized spacial score (nSPS) is 16.2. The van der Waals surface area contributed by atoms with Gasteiger partial charge in [-0.3, -0.25) is 0 Å². The summed E-state index contributed by atoms with van der Waals surface area (Å²) in [7, 11) is 0. The number of aryl methyl sites for hydroxylation is 1. The maximum atomic E-state index is 6.38. The smallest absolute Gasteiger partial charge is 0.0706 e. The Hall–Kier alpha value is -0.0100. The Balaban J connectivity index is 2.73. The van der Waals surface area contributed by atoms with Crippen molar-refractivity contribution in [3.05, 3.63) is 21.9 Å². The van der Waals surface area contributed by atoms with Crippen molar-refractivity contribution in [2.24, 2.45) is 11.8 Å². The van der Waals surface area contributed by atoms with Gasteiger partial charge in [0, 0.05) is 9.75 Å². The van der Waals surface area contributed by atoms with Gasteiger partial charge in [0.25, 0.3) is 0 Å². The molecule has 0 fully saturated rings. The Kier molecular flexibility index (Phi) is 3.81. The Bertz CT molecular complexity index is 265. The minimum absolute atomic E-state index is 0.179. The lowest BCUT2D eigenvalue weighted by Crippen LogP contribution is -2.09. The average molecular weight is 217 g/mol. The Morgan fingerprint density at radius 3 is 2.23 bits per heavy atom. The second-order valence-corrected chi connectivity index (χ2v) is 5.74. The van der Waals surface area contributed by atoms with Crippen LogP contribution in [0.2, 0.25) is 0 Å². The number of thiophene rings is 1. The van der Waals surface area contributed by atoms with E-state index in [0.29, 0.717) is 11.8 Å². The van der Waals surface area contributed by atoms with E-state index in [0.717, 1.165) is 0 Å². The number of rotatable bonds is 3. The Labute approximate surface area is 89.9 Å². The van der Waals surface area contributed by atoms with E-state index in [2.05, 4.69) is 39.8 Å². The standard InChI is InChI=1S/C11H17ClS/c1-7(2)9(4)11(12)10-6-5-8(3)13-10/h5-7,9,11H,1-4H3. The first-order valence-electron chi connectivity index (χ1n) is 4.72. The summed E-state index contributed by atoms with van der Waals surface area (Å²) in [4.78, 5) is 2.65. The van der Waals surface area contributed by atoms with Gasteiger partial charge in [-0.05, 0) is 30.9 Å². The molecule has 0 saturated heterocycles. The third-order valence-corrected chi connectivity index (χ3v) is 4.39. The average Bonchev–Trinajstić information content (AvgIpc) is 2.49. The van der Waals surface area contributed by atoms with E-state index < -0.39 is 0 Å². The van der Waals surface area contributed by atoms with Crippen LogP contribution in [0.25, 0.3) is 0 Å². The minimum Gasteiger partial charge on any atom is -0.144 e. The summed E-state index contributed by atoms with van der Waals surface area (Å²) in [6, 6.07) is 4.29. The van der Waals surface area contributed by atoms with Crippen molar-refractivity contribution in [2.45, 2.75) is 33.1 Å². The lowest BCUT2D eigenvalue weighted by atomic mass is 9.94. The van der Waals surface area contributed by atoms with Gasteiger partial charge in [0.1, 0.15) is 0 Å². The van der Waals surface area contributed by atoms with Crippen molar-refractivity contribution in [3.8, 4) is 0 Å². The summed E-state index contributed by atoms with van der Waals surface area (Å²) >= 11 is 8.19. The highest BCUT2D eigenvalue weighted by Gasteiger charge is 2.20. The topological polar surface area (TPSA) is 0 Å². The second kappa shape index (κ2) is 4.47. The molecule has 1 aromatic rings. The Morgan fingerprint density at radius 1 is 1.23 bits per heavy atom. The van der Waals surface area contributed by atoms with Crippen molar-refractivity contribution in [3.63, 3.8) is 0 Å². The molecule has 1 rings (SSSR count). The van der Waals surface area contributed by atoms with Crippen LogP contribution >= 0.6 is 22.9 Å². The highest BCUT2D eigenvalue weighted by Crippen LogP contribution is 2.36. The predicted octanol–water partition coefficient (Wildman–Crippen LogP) is 4.63. The summed E-state index contributed by atoms with van der Waals surface area (Å²) in [5, 5.41) is 0.179. The second-order valence-electron chi connectivity index (χ2n) is 3.95. The molecule has 0 nitrogen and oxygen atoms in total. The molecule has 0 saturated carbocycles. The first-order chi connectivity index (χ1) is 6.02. The molecule has 2 heteroatoms. The molecule has 0 spiro atoms. The van der Waals surface area contributed by atoms with Gasteiger partial charge in [-0.15, -0.1) is 22.9 Å². The highest BCUT2D eigenvalue weighted by atomic mass is 35.5. The molecule has 2 unspecified atom stereocenters. The maximum absolute atomic E-state index is 6.38. The van der Waals surface area contributed by atoms with E-state index in [9.17, 15) is 0 Å². The molecular formula is C11H17ClS. The molecule has 0 radical (unpaired) electrons. The Morgan fingerprint density at radius 2 is 1.85 bits per heavy atom. The van der Waals surface area contributed by atoms with Gasteiger partial charge < -0.3 is 0 Å². The van der Waals surface area contributed by atoms with Crippen molar-refractivity contribution in [1.29, 1.82) is 0 Å². The van der Waals surface area contributed by atoms with Crippen LogP contribution in [-0.2, 0) is 0 Å². The fourth-order valence-corrected chi connectivity index (χ4v) is 2.67. The molecule has 0 bridgehead atoms. The van der Waals surface area contributed by atoms with Crippen LogP contribution in [0.1, 0.15) is 35.9 Å². The third kappa shape index (κ3) is 2.72. The van der Waals surface area contributed by atoms with E-state index in [1.807, 2.05) is 11.3 Å². The van der Waals surface area contributed by atoms with E-state index >= 15 is 0 Å². The largest absolute Gasteiger partial charge is 0.144 e. The van der Waals surface area contributed by atoms with E-state index in [4.69, 9.17) is 11.6 Å². The van der Waals surface area contributed by atoms with Crippen LogP contribution in [0.4, 0.5) is 0 Å². The summed E-state index contributed by atoms with van der Waals surface area (Å²) in [5.74, 6) is 1.18. The predicted molar refractivity (Wildman–Crippen MR) is 61.7 cm³/mol. The molecule has 0 aliphatic heterocycles. The monoisotopic (exact) mass is 216 g/mol. The number of hydrogen-bond acceptors (Lipinski definition) is 1. The van der Waals surface area contributed by atoms with Gasteiger partial charge in [-0.2, -0.15) is 0 Å². The molecule has 13 heavy (non-hydrogen) atoms. The van der Waals surface area contributed by atoms with Crippen LogP contribution in [0, 0.1) is 18.8 Å². The number of alkyl halides is 1. The van der Waals surface area contributed by atoms with Crippen molar-refractivity contribution < 1.29 is 0 Å². The first kappa shape index (κ1) is 11.1. The minimum atomic E-state index is 0.179. The van der Waals surface area contributed by atoms with Gasteiger partial charge in [0.2, 0.25) is 0 Å². The lowest BCUT2D eigenvalue weighted by Gasteiger charge is -2.20. The van der Waals surface area contributed by atoms with Crippen LogP contribution in [0.5, 0.6) is 0 Å². The van der Waals surface area contributed by atoms with Gasteiger partial charge in [0.05, 0.1) is 5.38 Å². The highest BCUT2D eigenvalue weighted by molar-refractivity contribution is 7.12. The van der Waals surface area contributed by atoms with Crippen LogP contribution in [0.15, 0.2) is 12.1 Å². The molecule has 1 heterocycles. The molecule has 0 aromatic carbocycles. The SMILES string of the molecule is Cc1ccc(C(Cl)C(C)C(C)C)s1. The van der Waals surface area contributed by atoms with Gasteiger partial charge in [-0.25, -0.2) is 0 Å². The quantitative estimate of drug-likeness (QED) is 0.647. The van der Waals surface area contributed by atoms with Gasteiger partial charge in [0.15, 0.2) is 0 Å². The maximum Gasteiger partial charge on any atom is 0.0706 e. The zero-order valence-corrected chi connectivity index (χ0v) is 10.2. The number of hydrogen-bond donors (Lipinski definition) is 0. The molecule has 2 atom stereocenters. The molecule has 74 valence electrons. The van der Waals surface area contributed by atoms with E-state index in [-0.39, 0.29) is 5.38 Å². The molecular weight excluding hydrogens is 200 g/mol. The summed E-state index contributed by atoms with van der Waals surface area (Å²) in [6.07, 6.45) is 0. The van der Waals surface area contributed by atoms with Crippen molar-refractivity contribution in [2.75, 3.05) is 0 Å². The van der Waals surface area contributed by atoms with Crippen molar-refractivity contribution in [1.82, 2.24) is 0 Å². The fourth-order valence-electron chi connectivity index (χ4n) is 1.20. The molecule has 0 N–H and O–H groups in total. The van der Waals surface area contributed by atoms with E-state index in [1.165, 1.54) is 9.75 Å². The zero-order valence-electron chi connectivity index (χ0n) is 8.67. The summed E-state index contributed by atoms with van der Waals surface area (Å²) in [6.45, 7) is 8.79. The van der Waals surface area contributed by atoms with Crippen molar-refractivity contribution >= 4 is 22.9 Å². The summed E-state index contributed by atoms with van der Waals surface area (Å²) in [5.41, 5.74) is 0. The van der Waals surface area contributed by atoms with Gasteiger partial charge >= 0.3 is 0 Å². The van der Waals surface area contributed by atoms with Gasteiger partial charge in [-0.1, -0.05) is 20.8 Å². The summed E-state index contributed by atoms with van der Waals surface area (Å²) < 4.78 is 0. The molecule has 0 amide bonds. The third-order valence-electron chi connectivity index (χ3n) is 2.55. The van der Waals surface area contributed by atoms with Crippen LogP contribution < -0.4 is 0 Å². The van der Waals surface area contributed by atoms with Crippen LogP contribution in [0.3, 0.4) is 0 Å². The van der Waals surface area contributed by atoms with Crippen LogP contribution in [-0.4, -0.2) is 0 Å². The molecule has 1 aromatic heterocycles. The first-order valence-corrected chi connectivity index (χ1v) is 5.98. The van der Waals surface area contributed by atoms with E-state index in [1.54, 1.807) is 0 Å². The number of halogens is 1. The molecule has 0 aliphatic carbocycles. The fraction of sp³-hybridized carbons (Fsp3) is 0.636.